The minimum atomic E-state index is 0.0924. The van der Waals surface area contributed by atoms with Crippen LogP contribution < -0.4 is 4.90 Å². The number of hydrogen-bond acceptors (Lipinski definition) is 2. The van der Waals surface area contributed by atoms with Crippen molar-refractivity contribution in [1.29, 1.82) is 0 Å². The Bertz CT molecular complexity index is 1000. The highest BCUT2D eigenvalue weighted by Gasteiger charge is 2.35. The molecule has 0 saturated carbocycles. The topological polar surface area (TPSA) is 38.1 Å². The van der Waals surface area contributed by atoms with Gasteiger partial charge in [-0.05, 0) is 43.2 Å². The molecule has 0 N–H and O–H groups in total. The Balaban J connectivity index is 1.73. The second-order valence-electron chi connectivity index (χ2n) is 7.05. The van der Waals surface area contributed by atoms with Gasteiger partial charge in [-0.1, -0.05) is 30.3 Å². The lowest BCUT2D eigenvalue weighted by Gasteiger charge is -2.20. The van der Waals surface area contributed by atoms with Crippen LogP contribution in [0.3, 0.4) is 0 Å². The molecule has 3 aromatic rings. The van der Waals surface area contributed by atoms with Crippen LogP contribution in [0.5, 0.6) is 0 Å². The van der Waals surface area contributed by atoms with Crippen molar-refractivity contribution in [2.45, 2.75) is 32.7 Å². The molecule has 26 heavy (non-hydrogen) atoms. The Morgan fingerprint density at radius 2 is 2.04 bits per heavy atom. The maximum atomic E-state index is 12.8. The van der Waals surface area contributed by atoms with Gasteiger partial charge < -0.3 is 9.47 Å². The highest BCUT2D eigenvalue weighted by Crippen LogP contribution is 2.34. The Labute approximate surface area is 153 Å². The summed E-state index contributed by atoms with van der Waals surface area (Å²) < 4.78 is 2.19. The molecule has 0 spiro atoms. The van der Waals surface area contributed by atoms with Gasteiger partial charge in [-0.3, -0.25) is 4.79 Å². The third kappa shape index (κ3) is 2.71. The van der Waals surface area contributed by atoms with Crippen molar-refractivity contribution < 1.29 is 4.79 Å². The highest BCUT2D eigenvalue weighted by molar-refractivity contribution is 5.97. The number of allylic oxidation sites excluding steroid dienone is 1. The first-order chi connectivity index (χ1) is 12.6. The number of fused-ring (bicyclic) bond motifs is 1. The molecule has 2 heterocycles. The maximum absolute atomic E-state index is 12.8. The van der Waals surface area contributed by atoms with Crippen molar-refractivity contribution in [2.24, 2.45) is 0 Å². The number of rotatable bonds is 4. The van der Waals surface area contributed by atoms with Gasteiger partial charge in [-0.15, -0.1) is 6.58 Å². The molecular formula is C22H23N3O. The first-order valence-electron chi connectivity index (χ1n) is 9.02. The van der Waals surface area contributed by atoms with Crippen LogP contribution in [0, 0.1) is 13.8 Å². The predicted molar refractivity (Wildman–Crippen MR) is 106 cm³/mol. The fraction of sp³-hybridized carbons (Fsp3) is 0.273. The lowest BCUT2D eigenvalue weighted by Crippen LogP contribution is -2.25. The summed E-state index contributed by atoms with van der Waals surface area (Å²) >= 11 is 0. The summed E-state index contributed by atoms with van der Waals surface area (Å²) in [5, 5.41) is 0. The summed E-state index contributed by atoms with van der Waals surface area (Å²) in [7, 11) is 0. The molecule has 4 rings (SSSR count). The Kier molecular flexibility index (Phi) is 4.11. The van der Waals surface area contributed by atoms with E-state index in [0.717, 1.165) is 28.1 Å². The van der Waals surface area contributed by atoms with Crippen LogP contribution >= 0.6 is 0 Å². The minimum absolute atomic E-state index is 0.0924. The number of nitrogens with zero attached hydrogens (tertiary/aromatic N) is 3. The lowest BCUT2D eigenvalue weighted by molar-refractivity contribution is -0.117. The van der Waals surface area contributed by atoms with Gasteiger partial charge in [0.25, 0.3) is 0 Å². The average Bonchev–Trinajstić information content (AvgIpc) is 3.18. The van der Waals surface area contributed by atoms with E-state index in [4.69, 9.17) is 4.98 Å². The summed E-state index contributed by atoms with van der Waals surface area (Å²) in [5.41, 5.74) is 5.39. The quantitative estimate of drug-likeness (QED) is 0.659. The van der Waals surface area contributed by atoms with Gasteiger partial charge in [0.05, 0.1) is 11.0 Å². The normalized spacial score (nSPS) is 17.2. The van der Waals surface area contributed by atoms with Gasteiger partial charge in [-0.25, -0.2) is 4.98 Å². The second kappa shape index (κ2) is 6.45. The summed E-state index contributed by atoms with van der Waals surface area (Å²) in [6.45, 7) is 9.37. The fourth-order valence-electron chi connectivity index (χ4n) is 3.85. The number of hydrogen-bond donors (Lipinski definition) is 0. The van der Waals surface area contributed by atoms with E-state index in [2.05, 4.69) is 49.3 Å². The lowest BCUT2D eigenvalue weighted by atomic mass is 10.1. The van der Waals surface area contributed by atoms with Gasteiger partial charge in [0.15, 0.2) is 0 Å². The van der Waals surface area contributed by atoms with Crippen LogP contribution in [-0.4, -0.2) is 22.0 Å². The van der Waals surface area contributed by atoms with E-state index < -0.39 is 0 Å². The van der Waals surface area contributed by atoms with Gasteiger partial charge in [0.2, 0.25) is 5.91 Å². The number of carbonyl (C=O) groups is 1. The third-order valence-electron chi connectivity index (χ3n) is 5.14. The van der Waals surface area contributed by atoms with Gasteiger partial charge >= 0.3 is 0 Å². The maximum Gasteiger partial charge on any atom is 0.227 e. The summed E-state index contributed by atoms with van der Waals surface area (Å²) in [4.78, 5) is 19.5. The van der Waals surface area contributed by atoms with Crippen LogP contribution in [0.4, 0.5) is 5.69 Å². The number of anilines is 1. The van der Waals surface area contributed by atoms with Crippen LogP contribution in [0.2, 0.25) is 0 Å². The first kappa shape index (κ1) is 16.6. The highest BCUT2D eigenvalue weighted by atomic mass is 16.2. The molecule has 4 heteroatoms. The molecule has 1 aliphatic rings. The largest absolute Gasteiger partial charge is 0.324 e. The van der Waals surface area contributed by atoms with Crippen LogP contribution in [0.1, 0.15) is 29.3 Å². The van der Waals surface area contributed by atoms with E-state index in [1.165, 1.54) is 5.56 Å². The minimum Gasteiger partial charge on any atom is -0.324 e. The number of para-hydroxylation sites is 2. The van der Waals surface area contributed by atoms with E-state index >= 15 is 0 Å². The molecule has 2 aromatic carbocycles. The molecular weight excluding hydrogens is 322 g/mol. The van der Waals surface area contributed by atoms with Gasteiger partial charge in [-0.2, -0.15) is 0 Å². The van der Waals surface area contributed by atoms with E-state index in [-0.39, 0.29) is 11.8 Å². The zero-order chi connectivity index (χ0) is 18.3. The Morgan fingerprint density at radius 1 is 1.23 bits per heavy atom. The SMILES string of the molecule is C=CCn1c(C2CC(=O)N(c3cc(C)ccc3C)C2)nc2ccccc21. The fourth-order valence-corrected chi connectivity index (χ4v) is 3.85. The van der Waals surface area contributed by atoms with E-state index in [1.807, 2.05) is 29.2 Å². The molecule has 0 aliphatic carbocycles. The van der Waals surface area contributed by atoms with E-state index in [0.29, 0.717) is 19.5 Å². The zero-order valence-corrected chi connectivity index (χ0v) is 15.3. The van der Waals surface area contributed by atoms with Crippen LogP contribution in [0.25, 0.3) is 11.0 Å². The van der Waals surface area contributed by atoms with Crippen molar-refractivity contribution in [3.8, 4) is 0 Å². The molecule has 1 fully saturated rings. The smallest absolute Gasteiger partial charge is 0.227 e. The second-order valence-corrected chi connectivity index (χ2v) is 7.05. The molecule has 1 aliphatic heterocycles. The van der Waals surface area contributed by atoms with Crippen LogP contribution in [0.15, 0.2) is 55.1 Å². The number of aromatic nitrogens is 2. The number of aryl methyl sites for hydroxylation is 2. The van der Waals surface area contributed by atoms with Gasteiger partial charge in [0, 0.05) is 31.1 Å². The summed E-state index contributed by atoms with van der Waals surface area (Å²) in [5.74, 6) is 1.24. The molecule has 0 radical (unpaired) electrons. The van der Waals surface area contributed by atoms with Crippen molar-refractivity contribution in [3.63, 3.8) is 0 Å². The first-order valence-corrected chi connectivity index (χ1v) is 9.02. The summed E-state index contributed by atoms with van der Waals surface area (Å²) in [6.07, 6.45) is 2.38. The molecule has 4 nitrogen and oxygen atoms in total. The molecule has 1 atom stereocenters. The van der Waals surface area contributed by atoms with Crippen molar-refractivity contribution in [3.05, 3.63) is 72.1 Å². The molecule has 0 bridgehead atoms. The van der Waals surface area contributed by atoms with E-state index in [9.17, 15) is 4.79 Å². The number of amides is 1. The standard InChI is InChI=1S/C22H23N3O/c1-4-11-24-19-8-6-5-7-18(19)23-22(24)17-13-21(26)25(14-17)20-12-15(2)9-10-16(20)3/h4-10,12,17H,1,11,13-14H2,2-3H3. The molecule has 1 unspecified atom stereocenters. The number of benzene rings is 2. The predicted octanol–water partition coefficient (Wildman–Crippen LogP) is 4.36. The van der Waals surface area contributed by atoms with Crippen LogP contribution in [-0.2, 0) is 11.3 Å². The van der Waals surface area contributed by atoms with Gasteiger partial charge in [0.1, 0.15) is 5.82 Å². The van der Waals surface area contributed by atoms with Crippen molar-refractivity contribution in [2.75, 3.05) is 11.4 Å². The Morgan fingerprint density at radius 3 is 2.85 bits per heavy atom. The molecule has 132 valence electrons. The number of carbonyl (C=O) groups excluding carboxylic acids is 1. The third-order valence-corrected chi connectivity index (χ3v) is 5.14. The molecule has 1 aromatic heterocycles. The molecule has 1 saturated heterocycles. The monoisotopic (exact) mass is 345 g/mol. The van der Waals surface area contributed by atoms with E-state index in [1.54, 1.807) is 0 Å². The average molecular weight is 345 g/mol. The Hall–Kier alpha value is -2.88. The van der Waals surface area contributed by atoms with Crippen molar-refractivity contribution in [1.82, 2.24) is 9.55 Å². The van der Waals surface area contributed by atoms with Crippen molar-refractivity contribution >= 4 is 22.6 Å². The molecule has 1 amide bonds. The summed E-state index contributed by atoms with van der Waals surface area (Å²) in [6, 6.07) is 14.4. The zero-order valence-electron chi connectivity index (χ0n) is 15.3. The number of imidazole rings is 1.